The van der Waals surface area contributed by atoms with Gasteiger partial charge in [-0.25, -0.2) is 13.8 Å². The van der Waals surface area contributed by atoms with Gasteiger partial charge in [0.15, 0.2) is 0 Å². The molecule has 0 heterocycles. The summed E-state index contributed by atoms with van der Waals surface area (Å²) in [5.41, 5.74) is 0.235. The molecule has 0 aliphatic heterocycles. The zero-order valence-corrected chi connectivity index (χ0v) is 12.4. The molecule has 21 heavy (non-hydrogen) atoms. The Balaban J connectivity index is 0.00000220. The predicted molar refractivity (Wildman–Crippen MR) is 71.5 cm³/mol. The van der Waals surface area contributed by atoms with Crippen LogP contribution < -0.4 is 0 Å². The second kappa shape index (κ2) is 7.17. The first-order valence-corrected chi connectivity index (χ1v) is 6.72. The molecule has 0 spiro atoms. The van der Waals surface area contributed by atoms with Crippen LogP contribution in [0.25, 0.3) is 0 Å². The molecule has 0 unspecified atom stereocenters. The molecule has 0 aliphatic rings. The van der Waals surface area contributed by atoms with Gasteiger partial charge in [-0.1, -0.05) is 0 Å². The Bertz CT molecular complexity index is 620. The van der Waals surface area contributed by atoms with Gasteiger partial charge in [0.05, 0.1) is 21.9 Å². The quantitative estimate of drug-likeness (QED) is 0.829. The van der Waals surface area contributed by atoms with Crippen molar-refractivity contribution < 1.29 is 41.1 Å². The Kier molecular flexibility index (Phi) is 5.84. The molecule has 0 saturated heterocycles. The summed E-state index contributed by atoms with van der Waals surface area (Å²) in [6.45, 7) is 0. The van der Waals surface area contributed by atoms with Gasteiger partial charge in [0.25, 0.3) is 0 Å². The van der Waals surface area contributed by atoms with Crippen LogP contribution in [0.4, 0.5) is 0 Å². The topological polar surface area (TPSA) is 91.7 Å². The fourth-order valence-corrected chi connectivity index (χ4v) is 2.62. The Morgan fingerprint density at radius 2 is 1.00 bits per heavy atom. The molecule has 5 nitrogen and oxygen atoms in total. The van der Waals surface area contributed by atoms with Crippen molar-refractivity contribution in [2.24, 2.45) is 0 Å². The van der Waals surface area contributed by atoms with E-state index in [0.717, 1.165) is 0 Å². The van der Waals surface area contributed by atoms with Crippen LogP contribution in [0.2, 0.25) is 0 Å². The van der Waals surface area contributed by atoms with Crippen LogP contribution in [0.3, 0.4) is 0 Å². The number of carboxylic acids is 2. The Labute approximate surface area is 133 Å². The summed E-state index contributed by atoms with van der Waals surface area (Å²) in [5.74, 6) is -2.10. The van der Waals surface area contributed by atoms with Crippen molar-refractivity contribution in [2.75, 3.05) is 0 Å². The molecule has 2 aromatic rings. The third-order valence-electron chi connectivity index (χ3n) is 2.63. The summed E-state index contributed by atoms with van der Waals surface area (Å²) < 4.78 is 12.2. The van der Waals surface area contributed by atoms with E-state index in [2.05, 4.69) is 0 Å². The first-order valence-electron chi connectivity index (χ1n) is 5.57. The van der Waals surface area contributed by atoms with Crippen LogP contribution in [-0.2, 0) is 27.9 Å². The zero-order valence-electron chi connectivity index (χ0n) is 10.5. The van der Waals surface area contributed by atoms with Gasteiger partial charge in [-0.05, 0) is 48.5 Å². The van der Waals surface area contributed by atoms with Crippen molar-refractivity contribution in [1.82, 2.24) is 0 Å². The fraction of sp³-hybridized carbons (Fsp3) is 0. The van der Waals surface area contributed by atoms with Gasteiger partial charge in [-0.15, -0.1) is 0 Å². The largest absolute Gasteiger partial charge is 0.478 e. The molecule has 0 saturated carbocycles. The monoisotopic (exact) mass is 346 g/mol. The van der Waals surface area contributed by atoms with Crippen LogP contribution in [-0.4, -0.2) is 26.4 Å². The SMILES string of the molecule is O=C(O)c1ccc(S(=O)c2ccc(C(=O)O)cc2)cc1.[Fe]. The predicted octanol–water partition coefficient (Wildman–Crippen LogP) is 2.25. The van der Waals surface area contributed by atoms with Gasteiger partial charge >= 0.3 is 11.9 Å². The molecule has 110 valence electrons. The van der Waals surface area contributed by atoms with Crippen molar-refractivity contribution in [3.63, 3.8) is 0 Å². The average Bonchev–Trinajstić information content (AvgIpc) is 2.46. The first-order chi connectivity index (χ1) is 9.49. The van der Waals surface area contributed by atoms with E-state index < -0.39 is 22.7 Å². The molecule has 2 aromatic carbocycles. The number of aromatic carboxylic acids is 2. The number of hydrogen-bond donors (Lipinski definition) is 2. The molecule has 0 amide bonds. The maximum atomic E-state index is 12.2. The summed E-state index contributed by atoms with van der Waals surface area (Å²) in [7, 11) is -1.48. The van der Waals surface area contributed by atoms with Crippen LogP contribution in [0, 0.1) is 0 Å². The normalized spacial score (nSPS) is 9.95. The molecule has 0 bridgehead atoms. The third kappa shape index (κ3) is 4.01. The van der Waals surface area contributed by atoms with E-state index in [4.69, 9.17) is 10.2 Å². The van der Waals surface area contributed by atoms with Gasteiger partial charge in [-0.2, -0.15) is 0 Å². The smallest absolute Gasteiger partial charge is 0.335 e. The number of hydrogen-bond acceptors (Lipinski definition) is 3. The van der Waals surface area contributed by atoms with Gasteiger partial charge in [0.1, 0.15) is 0 Å². The summed E-state index contributed by atoms with van der Waals surface area (Å²) in [6.07, 6.45) is 0. The van der Waals surface area contributed by atoms with E-state index in [9.17, 15) is 13.8 Å². The van der Waals surface area contributed by atoms with Gasteiger partial charge in [-0.3, -0.25) is 0 Å². The summed E-state index contributed by atoms with van der Waals surface area (Å²) in [6, 6.07) is 11.4. The van der Waals surface area contributed by atoms with Crippen molar-refractivity contribution in [3.8, 4) is 0 Å². The van der Waals surface area contributed by atoms with E-state index in [1.165, 1.54) is 48.5 Å². The molecule has 0 fully saturated rings. The Morgan fingerprint density at radius 1 is 0.714 bits per heavy atom. The number of carbonyl (C=O) groups is 2. The van der Waals surface area contributed by atoms with Crippen LogP contribution >= 0.6 is 0 Å². The molecule has 0 radical (unpaired) electrons. The van der Waals surface area contributed by atoms with E-state index in [1.54, 1.807) is 0 Å². The van der Waals surface area contributed by atoms with Gasteiger partial charge < -0.3 is 10.2 Å². The summed E-state index contributed by atoms with van der Waals surface area (Å²) in [5, 5.41) is 17.6. The first kappa shape index (κ1) is 17.1. The number of carboxylic acid groups (broad SMARTS) is 2. The van der Waals surface area contributed by atoms with Gasteiger partial charge in [0, 0.05) is 26.9 Å². The fourth-order valence-electron chi connectivity index (χ4n) is 1.58. The van der Waals surface area contributed by atoms with Crippen molar-refractivity contribution >= 4 is 22.7 Å². The van der Waals surface area contributed by atoms with E-state index in [1.807, 2.05) is 0 Å². The second-order valence-electron chi connectivity index (χ2n) is 3.93. The molecule has 2 N–H and O–H groups in total. The zero-order chi connectivity index (χ0) is 14.7. The average molecular weight is 346 g/mol. The molecular weight excluding hydrogens is 336 g/mol. The Hall–Kier alpha value is -1.95. The molecule has 0 atom stereocenters. The van der Waals surface area contributed by atoms with Crippen molar-refractivity contribution in [2.45, 2.75) is 9.79 Å². The minimum Gasteiger partial charge on any atom is -0.478 e. The van der Waals surface area contributed by atoms with Crippen LogP contribution in [0.1, 0.15) is 20.7 Å². The molecule has 2 rings (SSSR count). The summed E-state index contributed by atoms with van der Waals surface area (Å²) >= 11 is 0. The molecular formula is C14H10FeO5S. The van der Waals surface area contributed by atoms with Crippen molar-refractivity contribution in [3.05, 3.63) is 59.7 Å². The Morgan fingerprint density at radius 3 is 1.24 bits per heavy atom. The molecule has 0 aliphatic carbocycles. The van der Waals surface area contributed by atoms with Crippen LogP contribution in [0.5, 0.6) is 0 Å². The number of benzene rings is 2. The van der Waals surface area contributed by atoms with E-state index in [-0.39, 0.29) is 28.2 Å². The van der Waals surface area contributed by atoms with Crippen LogP contribution in [0.15, 0.2) is 58.3 Å². The second-order valence-corrected chi connectivity index (χ2v) is 5.41. The summed E-state index contributed by atoms with van der Waals surface area (Å²) in [4.78, 5) is 22.4. The molecule has 7 heteroatoms. The van der Waals surface area contributed by atoms with E-state index in [0.29, 0.717) is 9.79 Å². The minimum absolute atomic E-state index is 0. The van der Waals surface area contributed by atoms with Crippen molar-refractivity contribution in [1.29, 1.82) is 0 Å². The standard InChI is InChI=1S/C14H10O5S.Fe/c15-13(16)9-1-5-11(6-2-9)20(19)12-7-3-10(4-8-12)14(17)18;/h1-8H,(H,15,16)(H,17,18);. The minimum atomic E-state index is -1.48. The maximum absolute atomic E-state index is 12.2. The van der Waals surface area contributed by atoms with Gasteiger partial charge in [0.2, 0.25) is 0 Å². The maximum Gasteiger partial charge on any atom is 0.335 e. The van der Waals surface area contributed by atoms with E-state index >= 15 is 0 Å². The number of rotatable bonds is 4. The third-order valence-corrected chi connectivity index (χ3v) is 4.03. The molecule has 0 aromatic heterocycles.